The molecule has 5 aromatic rings. The summed E-state index contributed by atoms with van der Waals surface area (Å²) in [6.45, 7) is 11.2. The van der Waals surface area contributed by atoms with Gasteiger partial charge >= 0.3 is 0 Å². The van der Waals surface area contributed by atoms with Crippen LogP contribution in [0.1, 0.15) is 141 Å². The zero-order chi connectivity index (χ0) is 42.5. The van der Waals surface area contributed by atoms with Crippen LogP contribution in [0.25, 0.3) is 0 Å². The summed E-state index contributed by atoms with van der Waals surface area (Å²) in [6, 6.07) is 14.7. The van der Waals surface area contributed by atoms with Gasteiger partial charge in [0, 0.05) is 53.2 Å². The molecule has 0 radical (unpaired) electrons. The number of hydrogen-bond donors (Lipinski definition) is 0. The summed E-state index contributed by atoms with van der Waals surface area (Å²) in [7, 11) is 0. The van der Waals surface area contributed by atoms with Crippen LogP contribution in [-0.2, 0) is 32.0 Å². The number of benzene rings is 2. The molecule has 1 aliphatic heterocycles. The normalized spacial score (nSPS) is 19.7. The molecule has 6 aliphatic rings. The van der Waals surface area contributed by atoms with E-state index in [0.717, 1.165) is 72.8 Å². The topological polar surface area (TPSA) is 98.3 Å². The molecule has 10 heteroatoms. The smallest absolute Gasteiger partial charge is 0.175 e. The van der Waals surface area contributed by atoms with E-state index in [9.17, 15) is 0 Å². The fourth-order valence-electron chi connectivity index (χ4n) is 7.38. The van der Waals surface area contributed by atoms with Crippen LogP contribution >= 0.6 is 0 Å². The number of aryl methyl sites for hydroxylation is 2. The summed E-state index contributed by atoms with van der Waals surface area (Å²) in [4.78, 5) is 18.0. The molecular weight excluding hydrogens is 773 g/mol. The molecule has 5 aliphatic carbocycles. The second-order valence-electron chi connectivity index (χ2n) is 17.8. The van der Waals surface area contributed by atoms with Crippen molar-refractivity contribution in [1.82, 2.24) is 29.1 Å². The molecule has 2 unspecified atom stereocenters. The monoisotopic (exact) mass is 832 g/mol. The summed E-state index contributed by atoms with van der Waals surface area (Å²) in [5.41, 5.74) is 9.04. The quantitative estimate of drug-likeness (QED) is 0.115. The first-order valence-corrected chi connectivity index (χ1v) is 23.0. The van der Waals surface area contributed by atoms with E-state index in [-0.39, 0.29) is 18.5 Å². The van der Waals surface area contributed by atoms with E-state index in [1.807, 2.05) is 43.3 Å². The van der Waals surface area contributed by atoms with Crippen LogP contribution in [0.15, 0.2) is 79.9 Å². The second-order valence-corrected chi connectivity index (χ2v) is 17.8. The molecule has 2 aromatic carbocycles. The van der Waals surface area contributed by atoms with Gasteiger partial charge in [0.05, 0.1) is 62.6 Å². The zero-order valence-electron chi connectivity index (χ0n) is 36.8. The van der Waals surface area contributed by atoms with Crippen molar-refractivity contribution in [1.29, 1.82) is 0 Å². The van der Waals surface area contributed by atoms with Gasteiger partial charge in [0.1, 0.15) is 18.0 Å². The van der Waals surface area contributed by atoms with Crippen molar-refractivity contribution in [3.63, 3.8) is 0 Å². The molecule has 11 rings (SSSR count). The largest absolute Gasteiger partial charge is 0.364 e. The first kappa shape index (κ1) is 42.2. The third kappa shape index (κ3) is 11.5. The van der Waals surface area contributed by atoms with Crippen LogP contribution in [0.4, 0.5) is 0 Å². The Morgan fingerprint density at radius 2 is 1.18 bits per heavy atom. The van der Waals surface area contributed by atoms with Gasteiger partial charge in [-0.1, -0.05) is 49.7 Å². The Balaban J connectivity index is 0.000000152. The second kappa shape index (κ2) is 19.1. The van der Waals surface area contributed by atoms with Gasteiger partial charge in [0.2, 0.25) is 0 Å². The van der Waals surface area contributed by atoms with Crippen LogP contribution in [-0.4, -0.2) is 60.8 Å². The van der Waals surface area contributed by atoms with E-state index in [0.29, 0.717) is 42.5 Å². The predicted octanol–water partition coefficient (Wildman–Crippen LogP) is 9.46. The molecule has 0 N–H and O–H groups in total. The Labute approximate surface area is 367 Å². The van der Waals surface area contributed by atoms with E-state index in [1.54, 1.807) is 12.4 Å². The molecule has 4 heterocycles. The maximum atomic E-state index is 6.46. The minimum atomic E-state index is -0.196. The maximum Gasteiger partial charge on any atom is 0.175 e. The highest BCUT2D eigenvalue weighted by Gasteiger charge is 2.47. The lowest BCUT2D eigenvalue weighted by Crippen LogP contribution is -2.35. The lowest BCUT2D eigenvalue weighted by molar-refractivity contribution is -0.212. The fourth-order valence-corrected chi connectivity index (χ4v) is 7.38. The summed E-state index contributed by atoms with van der Waals surface area (Å²) < 4.78 is 28.9. The minimum Gasteiger partial charge on any atom is -0.364 e. The molecule has 322 valence electrons. The molecule has 6 fully saturated rings. The van der Waals surface area contributed by atoms with E-state index in [2.05, 4.69) is 99.6 Å². The highest BCUT2D eigenvalue weighted by Crippen LogP contribution is 2.48. The molecule has 62 heavy (non-hydrogen) atoms. The van der Waals surface area contributed by atoms with Crippen LogP contribution < -0.4 is 0 Å². The zero-order valence-corrected chi connectivity index (χ0v) is 36.8. The third-order valence-corrected chi connectivity index (χ3v) is 12.1. The van der Waals surface area contributed by atoms with Crippen molar-refractivity contribution in [2.45, 2.75) is 136 Å². The summed E-state index contributed by atoms with van der Waals surface area (Å²) in [5.74, 6) is 15.4. The van der Waals surface area contributed by atoms with Crippen molar-refractivity contribution < 1.29 is 18.9 Å². The van der Waals surface area contributed by atoms with Crippen LogP contribution in [0.5, 0.6) is 0 Å². The van der Waals surface area contributed by atoms with Crippen molar-refractivity contribution in [2.24, 2.45) is 17.3 Å². The standard InChI is InChI=1S/C26H30N2O3.C24H24N4O.C2H6/c1-18-2-3-20(7-6-19-4-5-19)12-22(18)25(31-21-8-9-21)23-13-28(17-27-23)14-24-29-15-26(10-11-26)16-30-24;1-17-3-4-19(8-7-18-5-6-18)13-21(17)24(29-20-9-10-20)22-14-28(16-27-22)15-23-25-11-2-12-26-23;1-2/h2-3,12-13,17,19,21,24-25H,4-5,8-11,14-16H2,1H3;2-4,11-14,16,18,20,24H,5-6,9-10,15H2,1H3;1-2H3. The van der Waals surface area contributed by atoms with Gasteiger partial charge in [0.25, 0.3) is 0 Å². The van der Waals surface area contributed by atoms with Crippen LogP contribution in [0.2, 0.25) is 0 Å². The van der Waals surface area contributed by atoms with E-state index < -0.39 is 0 Å². The van der Waals surface area contributed by atoms with Gasteiger partial charge in [-0.05, 0) is 131 Å². The Morgan fingerprint density at radius 3 is 1.66 bits per heavy atom. The molecule has 1 saturated heterocycles. The lowest BCUT2D eigenvalue weighted by atomic mass is 9.98. The highest BCUT2D eigenvalue weighted by atomic mass is 16.7. The number of ether oxygens (including phenoxy) is 4. The Hall–Kier alpha value is -5.10. The number of hydrogen-bond acceptors (Lipinski definition) is 8. The molecule has 3 aromatic heterocycles. The number of imidazole rings is 2. The van der Waals surface area contributed by atoms with E-state index >= 15 is 0 Å². The van der Waals surface area contributed by atoms with Gasteiger partial charge in [-0.25, -0.2) is 19.9 Å². The molecular formula is C52H60N6O4. The predicted molar refractivity (Wildman–Crippen MR) is 238 cm³/mol. The number of nitrogens with zero attached hydrogens (tertiary/aromatic N) is 6. The minimum absolute atomic E-state index is 0.167. The third-order valence-electron chi connectivity index (χ3n) is 12.1. The fraction of sp³-hybridized carbons (Fsp3) is 0.500. The van der Waals surface area contributed by atoms with E-state index in [4.69, 9.17) is 23.9 Å². The molecule has 0 amide bonds. The Morgan fingerprint density at radius 1 is 0.677 bits per heavy atom. The summed E-state index contributed by atoms with van der Waals surface area (Å²) >= 11 is 0. The Bertz CT molecular complexity index is 2410. The lowest BCUT2D eigenvalue weighted by Gasteiger charge is -2.29. The van der Waals surface area contributed by atoms with Gasteiger partial charge in [-0.3, -0.25) is 0 Å². The van der Waals surface area contributed by atoms with Gasteiger partial charge in [-0.2, -0.15) is 0 Å². The SMILES string of the molecule is CC.Cc1ccc(C#CC2CC2)cc1C(OC1CC1)c1cn(CC2OCC3(CC3)CO2)cn1.Cc1ccc(C#CC2CC2)cc1C(OC1CC1)c1cn(Cc2ncccn2)cn1. The highest BCUT2D eigenvalue weighted by molar-refractivity contribution is 5.45. The van der Waals surface area contributed by atoms with Crippen molar-refractivity contribution in [2.75, 3.05) is 13.2 Å². The summed E-state index contributed by atoms with van der Waals surface area (Å²) in [6.07, 6.45) is 23.4. The molecule has 1 spiro atoms. The van der Waals surface area contributed by atoms with Crippen molar-refractivity contribution in [3.8, 4) is 23.7 Å². The van der Waals surface area contributed by atoms with E-state index in [1.165, 1.54) is 55.2 Å². The average molecular weight is 833 g/mol. The van der Waals surface area contributed by atoms with Crippen LogP contribution in [0, 0.1) is 54.8 Å². The summed E-state index contributed by atoms with van der Waals surface area (Å²) in [5, 5.41) is 0. The van der Waals surface area contributed by atoms with Gasteiger partial charge in [-0.15, -0.1) is 0 Å². The van der Waals surface area contributed by atoms with Gasteiger partial charge < -0.3 is 28.1 Å². The van der Waals surface area contributed by atoms with Gasteiger partial charge in [0.15, 0.2) is 6.29 Å². The van der Waals surface area contributed by atoms with Crippen molar-refractivity contribution >= 4 is 0 Å². The number of rotatable bonds is 12. The first-order valence-electron chi connectivity index (χ1n) is 23.0. The molecule has 10 nitrogen and oxygen atoms in total. The molecule has 2 atom stereocenters. The number of aromatic nitrogens is 6. The average Bonchev–Trinajstić information content (AvgIpc) is 4.03. The van der Waals surface area contributed by atoms with Crippen LogP contribution in [0.3, 0.4) is 0 Å². The Kier molecular flexibility index (Phi) is 13.0. The first-order chi connectivity index (χ1) is 30.4. The molecule has 0 bridgehead atoms. The maximum absolute atomic E-state index is 6.46. The van der Waals surface area contributed by atoms with Crippen molar-refractivity contribution in [3.05, 3.63) is 130 Å². The molecule has 5 saturated carbocycles.